The number of aryl methyl sites for hydroxylation is 1. The van der Waals surface area contributed by atoms with E-state index in [1.54, 1.807) is 30.1 Å². The topological polar surface area (TPSA) is 34.9 Å². The van der Waals surface area contributed by atoms with E-state index in [-0.39, 0.29) is 5.78 Å². The van der Waals surface area contributed by atoms with Gasteiger partial charge in [0.15, 0.2) is 0 Å². The number of aromatic nitrogens is 2. The average molecular weight is 265 g/mol. The van der Waals surface area contributed by atoms with E-state index in [0.29, 0.717) is 11.3 Å². The fourth-order valence-corrected chi connectivity index (χ4v) is 1.78. The van der Waals surface area contributed by atoms with Gasteiger partial charge in [0.25, 0.3) is 0 Å². The van der Waals surface area contributed by atoms with Gasteiger partial charge in [0.1, 0.15) is 5.69 Å². The number of carbonyl (C=O) groups is 1. The highest BCUT2D eigenvalue weighted by Gasteiger charge is 2.13. The Hall–Kier alpha value is -1.42. The highest BCUT2D eigenvalue weighted by atomic mass is 79.9. The number of hydrogen-bond acceptors (Lipinski definition) is 2. The molecule has 0 amide bonds. The monoisotopic (exact) mass is 264 g/mol. The highest BCUT2D eigenvalue weighted by Crippen LogP contribution is 2.18. The Labute approximate surface area is 95.9 Å². The van der Waals surface area contributed by atoms with Crippen LogP contribution in [0.25, 0.3) is 0 Å². The quantitative estimate of drug-likeness (QED) is 0.781. The van der Waals surface area contributed by atoms with Crippen molar-refractivity contribution in [2.75, 3.05) is 0 Å². The van der Waals surface area contributed by atoms with Gasteiger partial charge in [-0.25, -0.2) is 0 Å². The molecule has 1 heterocycles. The van der Waals surface area contributed by atoms with Crippen LogP contribution in [0, 0.1) is 0 Å². The summed E-state index contributed by atoms with van der Waals surface area (Å²) in [5.74, 6) is -0.0666. The maximum Gasteiger partial charge on any atom is 0.214 e. The lowest BCUT2D eigenvalue weighted by molar-refractivity contribution is 0.103. The highest BCUT2D eigenvalue weighted by molar-refractivity contribution is 9.10. The maximum atomic E-state index is 12.0. The van der Waals surface area contributed by atoms with E-state index in [1.807, 2.05) is 18.2 Å². The van der Waals surface area contributed by atoms with Crippen molar-refractivity contribution in [2.45, 2.75) is 0 Å². The van der Waals surface area contributed by atoms with Crippen LogP contribution in [0.1, 0.15) is 16.1 Å². The van der Waals surface area contributed by atoms with Crippen molar-refractivity contribution in [2.24, 2.45) is 7.05 Å². The van der Waals surface area contributed by atoms with Gasteiger partial charge in [-0.1, -0.05) is 28.1 Å². The average Bonchev–Trinajstić information content (AvgIpc) is 2.65. The third kappa shape index (κ3) is 1.99. The summed E-state index contributed by atoms with van der Waals surface area (Å²) in [5.41, 5.74) is 1.10. The van der Waals surface area contributed by atoms with E-state index in [1.165, 1.54) is 0 Å². The van der Waals surface area contributed by atoms with E-state index < -0.39 is 0 Å². The molecule has 0 atom stereocenters. The lowest BCUT2D eigenvalue weighted by atomic mass is 10.1. The van der Waals surface area contributed by atoms with Crippen LogP contribution < -0.4 is 0 Å². The molecule has 0 radical (unpaired) electrons. The number of benzene rings is 1. The van der Waals surface area contributed by atoms with Gasteiger partial charge in [-0.05, 0) is 18.2 Å². The first kappa shape index (κ1) is 10.1. The van der Waals surface area contributed by atoms with Crippen molar-refractivity contribution in [1.82, 2.24) is 9.78 Å². The van der Waals surface area contributed by atoms with Crippen LogP contribution in [0.3, 0.4) is 0 Å². The van der Waals surface area contributed by atoms with Crippen molar-refractivity contribution >= 4 is 21.7 Å². The van der Waals surface area contributed by atoms with Gasteiger partial charge in [0.2, 0.25) is 5.78 Å². The van der Waals surface area contributed by atoms with E-state index in [2.05, 4.69) is 21.0 Å². The Morgan fingerprint density at radius 3 is 2.67 bits per heavy atom. The van der Waals surface area contributed by atoms with Crippen molar-refractivity contribution in [1.29, 1.82) is 0 Å². The molecule has 0 aliphatic heterocycles. The molecule has 2 rings (SSSR count). The molecule has 0 saturated heterocycles. The van der Waals surface area contributed by atoms with E-state index in [0.717, 1.165) is 4.47 Å². The molecule has 0 bridgehead atoms. The molecule has 0 unspecified atom stereocenters. The van der Waals surface area contributed by atoms with Crippen molar-refractivity contribution in [3.05, 3.63) is 52.3 Å². The van der Waals surface area contributed by atoms with Gasteiger partial charge in [0.05, 0.1) is 0 Å². The Bertz CT molecular complexity index is 505. The van der Waals surface area contributed by atoms with Crippen molar-refractivity contribution in [3.8, 4) is 0 Å². The van der Waals surface area contributed by atoms with Crippen LogP contribution >= 0.6 is 15.9 Å². The lowest BCUT2D eigenvalue weighted by Gasteiger charge is -1.99. The minimum Gasteiger partial charge on any atom is -0.287 e. The van der Waals surface area contributed by atoms with Crippen LogP contribution in [0.4, 0.5) is 0 Å². The molecular weight excluding hydrogens is 256 g/mol. The predicted molar refractivity (Wildman–Crippen MR) is 60.8 cm³/mol. The Balaban J connectivity index is 2.41. The van der Waals surface area contributed by atoms with Crippen LogP contribution in [-0.4, -0.2) is 15.6 Å². The zero-order chi connectivity index (χ0) is 10.8. The van der Waals surface area contributed by atoms with Gasteiger partial charge >= 0.3 is 0 Å². The van der Waals surface area contributed by atoms with Crippen LogP contribution in [0.2, 0.25) is 0 Å². The van der Waals surface area contributed by atoms with Crippen molar-refractivity contribution in [3.63, 3.8) is 0 Å². The number of rotatable bonds is 2. The molecule has 15 heavy (non-hydrogen) atoms. The summed E-state index contributed by atoms with van der Waals surface area (Å²) in [6.45, 7) is 0. The van der Waals surface area contributed by atoms with Gasteiger partial charge in [-0.2, -0.15) is 5.10 Å². The summed E-state index contributed by atoms with van der Waals surface area (Å²) in [5, 5.41) is 4.07. The van der Waals surface area contributed by atoms with Gasteiger partial charge in [0, 0.05) is 23.3 Å². The molecule has 1 aromatic heterocycles. The number of halogens is 1. The number of hydrogen-bond donors (Lipinski definition) is 0. The fraction of sp³-hybridized carbons (Fsp3) is 0.0909. The normalized spacial score (nSPS) is 10.3. The maximum absolute atomic E-state index is 12.0. The minimum absolute atomic E-state index is 0.0666. The van der Waals surface area contributed by atoms with Crippen LogP contribution in [0.5, 0.6) is 0 Å². The summed E-state index contributed by atoms with van der Waals surface area (Å²) in [7, 11) is 1.79. The molecule has 0 aliphatic carbocycles. The van der Waals surface area contributed by atoms with Crippen LogP contribution in [0.15, 0.2) is 41.0 Å². The molecule has 1 aromatic carbocycles. The van der Waals surface area contributed by atoms with Gasteiger partial charge < -0.3 is 0 Å². The fourth-order valence-electron chi connectivity index (χ4n) is 1.32. The zero-order valence-electron chi connectivity index (χ0n) is 8.14. The first-order chi connectivity index (χ1) is 7.18. The third-order valence-corrected chi connectivity index (χ3v) is 2.76. The Morgan fingerprint density at radius 1 is 1.33 bits per heavy atom. The number of carbonyl (C=O) groups excluding carboxylic acids is 1. The molecule has 0 spiro atoms. The summed E-state index contributed by atoms with van der Waals surface area (Å²) in [4.78, 5) is 12.0. The smallest absolute Gasteiger partial charge is 0.214 e. The first-order valence-electron chi connectivity index (χ1n) is 4.47. The molecule has 0 N–H and O–H groups in total. The molecule has 2 aromatic rings. The second-order valence-electron chi connectivity index (χ2n) is 3.18. The molecular formula is C11H9BrN2O. The summed E-state index contributed by atoms with van der Waals surface area (Å²) in [6.07, 6.45) is 1.75. The zero-order valence-corrected chi connectivity index (χ0v) is 9.73. The van der Waals surface area contributed by atoms with E-state index in [4.69, 9.17) is 0 Å². The SMILES string of the molecule is Cn1ccc(C(=O)c2ccccc2Br)n1. The second-order valence-corrected chi connectivity index (χ2v) is 4.04. The largest absolute Gasteiger partial charge is 0.287 e. The van der Waals surface area contributed by atoms with E-state index in [9.17, 15) is 4.79 Å². The van der Waals surface area contributed by atoms with Crippen molar-refractivity contribution < 1.29 is 4.79 Å². The summed E-state index contributed by atoms with van der Waals surface area (Å²) >= 11 is 3.35. The molecule has 4 heteroatoms. The minimum atomic E-state index is -0.0666. The standard InChI is InChI=1S/C11H9BrN2O/c1-14-7-6-10(13-14)11(15)8-4-2-3-5-9(8)12/h2-7H,1H3. The first-order valence-corrected chi connectivity index (χ1v) is 5.26. The number of nitrogens with zero attached hydrogens (tertiary/aromatic N) is 2. The Kier molecular flexibility index (Phi) is 2.68. The summed E-state index contributed by atoms with van der Waals surface area (Å²) < 4.78 is 2.41. The molecule has 76 valence electrons. The van der Waals surface area contributed by atoms with Crippen LogP contribution in [-0.2, 0) is 7.05 Å². The third-order valence-electron chi connectivity index (χ3n) is 2.06. The Morgan fingerprint density at radius 2 is 2.07 bits per heavy atom. The lowest BCUT2D eigenvalue weighted by Crippen LogP contribution is -2.04. The molecule has 3 nitrogen and oxygen atoms in total. The molecule has 0 saturated carbocycles. The van der Waals surface area contributed by atoms with Gasteiger partial charge in [-0.15, -0.1) is 0 Å². The van der Waals surface area contributed by atoms with Gasteiger partial charge in [-0.3, -0.25) is 9.48 Å². The molecule has 0 aliphatic rings. The summed E-state index contributed by atoms with van der Waals surface area (Å²) in [6, 6.07) is 9.04. The van der Waals surface area contributed by atoms with E-state index >= 15 is 0 Å². The number of ketones is 1. The second kappa shape index (κ2) is 3.98. The molecule has 0 fully saturated rings. The predicted octanol–water partition coefficient (Wildman–Crippen LogP) is 2.41.